The molecule has 0 radical (unpaired) electrons. The van der Waals surface area contributed by atoms with Crippen molar-refractivity contribution < 1.29 is 17.9 Å². The van der Waals surface area contributed by atoms with Gasteiger partial charge in [-0.25, -0.2) is 8.42 Å². The Labute approximate surface area is 101 Å². The molecule has 0 aromatic heterocycles. The second kappa shape index (κ2) is 4.55. The molecular weight excluding hydrogens is 244 g/mol. The summed E-state index contributed by atoms with van der Waals surface area (Å²) >= 11 is 0. The molecule has 2 aliphatic rings. The number of nitrogens with two attached hydrogens (primary N) is 1. The van der Waals surface area contributed by atoms with E-state index in [0.29, 0.717) is 12.5 Å². The Kier molecular flexibility index (Phi) is 3.42. The van der Waals surface area contributed by atoms with Crippen molar-refractivity contribution in [2.75, 3.05) is 18.6 Å². The summed E-state index contributed by atoms with van der Waals surface area (Å²) < 4.78 is 27.5. The van der Waals surface area contributed by atoms with Crippen molar-refractivity contribution in [1.82, 2.24) is 5.32 Å². The van der Waals surface area contributed by atoms with Crippen LogP contribution in [0.25, 0.3) is 0 Å². The van der Waals surface area contributed by atoms with Gasteiger partial charge in [-0.05, 0) is 12.8 Å². The molecule has 1 aliphatic heterocycles. The van der Waals surface area contributed by atoms with Crippen LogP contribution in [-0.2, 0) is 19.4 Å². The van der Waals surface area contributed by atoms with Crippen molar-refractivity contribution in [3.8, 4) is 0 Å². The molecule has 4 atom stereocenters. The fraction of sp³-hybridized carbons (Fsp3) is 0.900. The number of sulfone groups is 1. The Hall–Kier alpha value is -0.660. The van der Waals surface area contributed by atoms with Gasteiger partial charge in [-0.1, -0.05) is 0 Å². The summed E-state index contributed by atoms with van der Waals surface area (Å²) in [4.78, 5) is 11.5. The van der Waals surface area contributed by atoms with E-state index in [9.17, 15) is 13.2 Å². The summed E-state index contributed by atoms with van der Waals surface area (Å²) in [6.07, 6.45) is 3.01. The highest BCUT2D eigenvalue weighted by Gasteiger charge is 2.51. The minimum Gasteiger partial charge on any atom is -0.376 e. The zero-order valence-electron chi connectivity index (χ0n) is 9.76. The van der Waals surface area contributed by atoms with Crippen LogP contribution in [0, 0.1) is 5.92 Å². The number of amides is 1. The van der Waals surface area contributed by atoms with Crippen LogP contribution >= 0.6 is 0 Å². The Morgan fingerprint density at radius 3 is 2.88 bits per heavy atom. The van der Waals surface area contributed by atoms with Gasteiger partial charge in [0.25, 0.3) is 0 Å². The first kappa shape index (κ1) is 12.8. The standard InChI is InChI=1S/C10H18N2O4S/c1-17(14,15)5-7(13)12-9-8(11)6-3-2-4-16-10(6)9/h6,8-10H,2-5,11H2,1H3,(H,12,13). The lowest BCUT2D eigenvalue weighted by Gasteiger charge is -2.52. The number of fused-ring (bicyclic) bond motifs is 1. The van der Waals surface area contributed by atoms with E-state index in [1.807, 2.05) is 0 Å². The van der Waals surface area contributed by atoms with Crippen LogP contribution in [0.5, 0.6) is 0 Å². The molecule has 17 heavy (non-hydrogen) atoms. The van der Waals surface area contributed by atoms with Crippen molar-refractivity contribution >= 4 is 15.7 Å². The molecule has 1 amide bonds. The fourth-order valence-electron chi connectivity index (χ4n) is 2.59. The van der Waals surface area contributed by atoms with Crippen LogP contribution in [0.15, 0.2) is 0 Å². The third-order valence-corrected chi connectivity index (χ3v) is 4.18. The van der Waals surface area contributed by atoms with Crippen LogP contribution in [-0.4, -0.2) is 51.1 Å². The first-order valence-electron chi connectivity index (χ1n) is 5.73. The SMILES string of the molecule is CS(=O)(=O)CC(=O)NC1C(N)C2CCCOC21. The van der Waals surface area contributed by atoms with Gasteiger partial charge in [0.05, 0.1) is 12.1 Å². The lowest BCUT2D eigenvalue weighted by Crippen LogP contribution is -2.72. The maximum atomic E-state index is 11.5. The molecular formula is C10H18N2O4S. The molecule has 6 nitrogen and oxygen atoms in total. The van der Waals surface area contributed by atoms with E-state index in [-0.39, 0.29) is 18.2 Å². The van der Waals surface area contributed by atoms with Gasteiger partial charge in [-0.2, -0.15) is 0 Å². The van der Waals surface area contributed by atoms with Crippen molar-refractivity contribution in [2.24, 2.45) is 11.7 Å². The molecule has 2 rings (SSSR count). The number of carbonyl (C=O) groups excluding carboxylic acids is 1. The van der Waals surface area contributed by atoms with E-state index in [4.69, 9.17) is 10.5 Å². The van der Waals surface area contributed by atoms with Crippen LogP contribution < -0.4 is 11.1 Å². The topological polar surface area (TPSA) is 98.5 Å². The molecule has 0 aromatic carbocycles. The molecule has 98 valence electrons. The molecule has 3 N–H and O–H groups in total. The minimum absolute atomic E-state index is 0.0396. The van der Waals surface area contributed by atoms with Crippen LogP contribution in [0.2, 0.25) is 0 Å². The van der Waals surface area contributed by atoms with Crippen molar-refractivity contribution in [3.05, 3.63) is 0 Å². The lowest BCUT2D eigenvalue weighted by molar-refractivity contribution is -0.137. The maximum absolute atomic E-state index is 11.5. The Balaban J connectivity index is 1.89. The normalized spacial score (nSPS) is 36.8. The second-order valence-electron chi connectivity index (χ2n) is 4.88. The van der Waals surface area contributed by atoms with Crippen LogP contribution in [0.1, 0.15) is 12.8 Å². The van der Waals surface area contributed by atoms with Gasteiger partial charge < -0.3 is 15.8 Å². The smallest absolute Gasteiger partial charge is 0.235 e. The number of ether oxygens (including phenoxy) is 1. The van der Waals surface area contributed by atoms with Gasteiger partial charge >= 0.3 is 0 Å². The summed E-state index contributed by atoms with van der Waals surface area (Å²) in [5.74, 6) is -0.694. The molecule has 1 heterocycles. The van der Waals surface area contributed by atoms with E-state index in [1.165, 1.54) is 0 Å². The predicted octanol–water partition coefficient (Wildman–Crippen LogP) is -1.35. The lowest BCUT2D eigenvalue weighted by atomic mass is 9.68. The number of hydrogen-bond acceptors (Lipinski definition) is 5. The van der Waals surface area contributed by atoms with E-state index in [1.54, 1.807) is 0 Å². The van der Waals surface area contributed by atoms with Gasteiger partial charge in [0, 0.05) is 24.8 Å². The van der Waals surface area contributed by atoms with E-state index >= 15 is 0 Å². The molecule has 0 bridgehead atoms. The monoisotopic (exact) mass is 262 g/mol. The summed E-state index contributed by atoms with van der Waals surface area (Å²) in [7, 11) is -3.29. The highest BCUT2D eigenvalue weighted by molar-refractivity contribution is 7.91. The Morgan fingerprint density at radius 1 is 1.53 bits per heavy atom. The van der Waals surface area contributed by atoms with Crippen molar-refractivity contribution in [2.45, 2.75) is 31.0 Å². The largest absolute Gasteiger partial charge is 0.376 e. The second-order valence-corrected chi connectivity index (χ2v) is 7.02. The average molecular weight is 262 g/mol. The number of nitrogens with one attached hydrogen (secondary N) is 1. The average Bonchev–Trinajstić information content (AvgIpc) is 2.23. The molecule has 4 unspecified atom stereocenters. The molecule has 1 aliphatic carbocycles. The van der Waals surface area contributed by atoms with Gasteiger partial charge in [0.1, 0.15) is 5.75 Å². The zero-order chi connectivity index (χ0) is 12.6. The van der Waals surface area contributed by atoms with Crippen LogP contribution in [0.3, 0.4) is 0 Å². The van der Waals surface area contributed by atoms with E-state index < -0.39 is 21.5 Å². The molecule has 0 spiro atoms. The highest BCUT2D eigenvalue weighted by Crippen LogP contribution is 2.36. The fourth-order valence-corrected chi connectivity index (χ4v) is 3.15. The summed E-state index contributed by atoms with van der Waals surface area (Å²) in [5.41, 5.74) is 5.95. The predicted molar refractivity (Wildman–Crippen MR) is 62.1 cm³/mol. The van der Waals surface area contributed by atoms with E-state index in [2.05, 4.69) is 5.32 Å². The third-order valence-electron chi connectivity index (χ3n) is 3.40. The quantitative estimate of drug-likeness (QED) is 0.655. The maximum Gasteiger partial charge on any atom is 0.235 e. The van der Waals surface area contributed by atoms with Gasteiger partial charge in [0.2, 0.25) is 5.91 Å². The first-order valence-corrected chi connectivity index (χ1v) is 7.79. The summed E-state index contributed by atoms with van der Waals surface area (Å²) in [5, 5.41) is 2.65. The third kappa shape index (κ3) is 2.78. The first-order chi connectivity index (χ1) is 7.88. The summed E-state index contributed by atoms with van der Waals surface area (Å²) in [6.45, 7) is 0.687. The highest BCUT2D eigenvalue weighted by atomic mass is 32.2. The molecule has 1 saturated carbocycles. The van der Waals surface area contributed by atoms with Gasteiger partial charge in [-0.15, -0.1) is 0 Å². The van der Waals surface area contributed by atoms with Crippen molar-refractivity contribution in [3.63, 3.8) is 0 Å². The number of rotatable bonds is 3. The molecule has 7 heteroatoms. The Morgan fingerprint density at radius 2 is 2.24 bits per heavy atom. The van der Waals surface area contributed by atoms with Crippen molar-refractivity contribution in [1.29, 1.82) is 0 Å². The zero-order valence-corrected chi connectivity index (χ0v) is 10.6. The number of carbonyl (C=O) groups is 1. The van der Waals surface area contributed by atoms with Crippen LogP contribution in [0.4, 0.5) is 0 Å². The minimum atomic E-state index is -3.29. The summed E-state index contributed by atoms with van der Waals surface area (Å²) in [6, 6.07) is -0.363. The van der Waals surface area contributed by atoms with E-state index in [0.717, 1.165) is 19.1 Å². The molecule has 1 saturated heterocycles. The molecule has 0 aromatic rings. The number of hydrogen-bond donors (Lipinski definition) is 2. The Bertz CT molecular complexity index is 409. The van der Waals surface area contributed by atoms with Gasteiger partial charge in [0.15, 0.2) is 9.84 Å². The molecule has 2 fully saturated rings. The van der Waals surface area contributed by atoms with Gasteiger partial charge in [-0.3, -0.25) is 4.79 Å².